The molecule has 2 aromatic carbocycles. The summed E-state index contributed by atoms with van der Waals surface area (Å²) in [4.78, 5) is 14.3. The van der Waals surface area contributed by atoms with Gasteiger partial charge in [-0.05, 0) is 62.8 Å². The number of benzene rings is 2. The Labute approximate surface area is 207 Å². The number of carbonyl (C=O) groups is 1. The minimum Gasteiger partial charge on any atom is -0.493 e. The van der Waals surface area contributed by atoms with Crippen LogP contribution in [0.1, 0.15) is 31.9 Å². The zero-order valence-electron chi connectivity index (χ0n) is 18.7. The third kappa shape index (κ3) is 5.85. The molecule has 0 radical (unpaired) electrons. The predicted octanol–water partition coefficient (Wildman–Crippen LogP) is 6.04. The van der Waals surface area contributed by atoms with Gasteiger partial charge in [-0.1, -0.05) is 56.9 Å². The summed E-state index contributed by atoms with van der Waals surface area (Å²) in [6.45, 7) is 7.29. The van der Waals surface area contributed by atoms with Crippen LogP contribution in [0.5, 0.6) is 17.2 Å². The quantitative estimate of drug-likeness (QED) is 0.244. The molecule has 0 saturated carbocycles. The van der Waals surface area contributed by atoms with Gasteiger partial charge in [0.2, 0.25) is 0 Å². The molecule has 1 aliphatic rings. The number of rotatable bonds is 7. The Morgan fingerprint density at radius 2 is 1.78 bits per heavy atom. The zero-order valence-corrected chi connectivity index (χ0v) is 21.9. The average Bonchev–Trinajstić information content (AvgIpc) is 2.98. The van der Waals surface area contributed by atoms with Crippen LogP contribution >= 0.6 is 39.9 Å². The van der Waals surface area contributed by atoms with Crippen molar-refractivity contribution in [3.63, 3.8) is 0 Å². The van der Waals surface area contributed by atoms with Crippen molar-refractivity contribution in [2.24, 2.45) is 0 Å². The first-order valence-corrected chi connectivity index (χ1v) is 12.1. The Morgan fingerprint density at radius 3 is 2.34 bits per heavy atom. The molecular weight excluding hydrogens is 510 g/mol. The maximum Gasteiger partial charge on any atom is 0.265 e. The lowest BCUT2D eigenvalue weighted by Crippen LogP contribution is -2.22. The van der Waals surface area contributed by atoms with E-state index in [2.05, 4.69) is 48.8 Å². The van der Waals surface area contributed by atoms with Crippen molar-refractivity contribution in [2.45, 2.75) is 26.2 Å². The number of amides is 1. The molecule has 2 aromatic rings. The van der Waals surface area contributed by atoms with E-state index >= 15 is 0 Å². The van der Waals surface area contributed by atoms with E-state index < -0.39 is 0 Å². The molecule has 8 heteroatoms. The van der Waals surface area contributed by atoms with Crippen molar-refractivity contribution in [1.82, 2.24) is 4.90 Å². The van der Waals surface area contributed by atoms with Crippen molar-refractivity contribution in [2.75, 3.05) is 27.4 Å². The van der Waals surface area contributed by atoms with E-state index in [1.54, 1.807) is 20.2 Å². The smallest absolute Gasteiger partial charge is 0.265 e. The molecule has 170 valence electrons. The second-order valence-electron chi connectivity index (χ2n) is 8.25. The molecule has 32 heavy (non-hydrogen) atoms. The molecule has 0 spiro atoms. The van der Waals surface area contributed by atoms with Crippen LogP contribution in [0.25, 0.3) is 6.08 Å². The molecular formula is C24H26BrNO4S2. The minimum atomic E-state index is -0.108. The molecule has 0 bridgehead atoms. The van der Waals surface area contributed by atoms with E-state index in [9.17, 15) is 4.79 Å². The molecule has 1 aliphatic heterocycles. The van der Waals surface area contributed by atoms with Gasteiger partial charge in [-0.3, -0.25) is 9.69 Å². The van der Waals surface area contributed by atoms with Crippen LogP contribution in [0.3, 0.4) is 0 Å². The summed E-state index contributed by atoms with van der Waals surface area (Å²) in [5.41, 5.74) is 2.18. The number of hydrogen-bond acceptors (Lipinski definition) is 6. The normalized spacial score (nSPS) is 15.4. The van der Waals surface area contributed by atoms with Crippen molar-refractivity contribution in [3.8, 4) is 17.2 Å². The van der Waals surface area contributed by atoms with Gasteiger partial charge in [0, 0.05) is 7.05 Å². The van der Waals surface area contributed by atoms with E-state index in [4.69, 9.17) is 26.4 Å². The number of likely N-dealkylation sites (N-methyl/N-ethyl adjacent to an activating group) is 1. The highest BCUT2D eigenvalue weighted by Crippen LogP contribution is 2.39. The second-order valence-corrected chi connectivity index (χ2v) is 10.8. The third-order valence-corrected chi connectivity index (χ3v) is 6.93. The summed E-state index contributed by atoms with van der Waals surface area (Å²) >= 11 is 10.0. The first kappa shape index (κ1) is 24.6. The first-order valence-electron chi connectivity index (χ1n) is 10.1. The van der Waals surface area contributed by atoms with E-state index in [0.29, 0.717) is 33.9 Å². The Morgan fingerprint density at radius 1 is 1.12 bits per heavy atom. The fraction of sp³-hybridized carbons (Fsp3) is 0.333. The summed E-state index contributed by atoms with van der Waals surface area (Å²) in [6.07, 6.45) is 1.80. The van der Waals surface area contributed by atoms with Crippen molar-refractivity contribution < 1.29 is 19.0 Å². The lowest BCUT2D eigenvalue weighted by Gasteiger charge is -2.19. The Hall–Kier alpha value is -2.03. The van der Waals surface area contributed by atoms with Gasteiger partial charge in [0.15, 0.2) is 11.5 Å². The van der Waals surface area contributed by atoms with Gasteiger partial charge >= 0.3 is 0 Å². The molecule has 3 rings (SSSR count). The van der Waals surface area contributed by atoms with Gasteiger partial charge < -0.3 is 14.2 Å². The molecule has 5 nitrogen and oxygen atoms in total. The highest BCUT2D eigenvalue weighted by molar-refractivity contribution is 9.10. The predicted molar refractivity (Wildman–Crippen MR) is 138 cm³/mol. The highest BCUT2D eigenvalue weighted by Gasteiger charge is 2.28. The number of methoxy groups -OCH3 is 1. The number of carbonyl (C=O) groups excluding carboxylic acids is 1. The van der Waals surface area contributed by atoms with Crippen molar-refractivity contribution >= 4 is 56.2 Å². The Bertz CT molecular complexity index is 1050. The van der Waals surface area contributed by atoms with Crippen LogP contribution in [0.2, 0.25) is 0 Å². The van der Waals surface area contributed by atoms with E-state index in [1.807, 2.05) is 24.3 Å². The maximum absolute atomic E-state index is 12.3. The van der Waals surface area contributed by atoms with E-state index in [0.717, 1.165) is 15.8 Å². The SMILES string of the molecule is COc1cc(C=C2SC(=S)N(C)C2=O)cc(Br)c1OCCOc1ccc(C(C)(C)C)cc1. The fourth-order valence-corrected chi connectivity index (χ4v) is 4.77. The third-order valence-electron chi connectivity index (χ3n) is 4.85. The highest BCUT2D eigenvalue weighted by atomic mass is 79.9. The molecule has 1 amide bonds. The standard InChI is InChI=1S/C24H26BrNO4S2/c1-24(2,3)16-6-8-17(9-7-16)29-10-11-30-21-18(25)12-15(13-19(21)28-5)14-20-22(27)26(4)23(31)32-20/h6-9,12-14H,10-11H2,1-5H3. The maximum atomic E-state index is 12.3. The van der Waals surface area contributed by atoms with Gasteiger partial charge in [0.25, 0.3) is 5.91 Å². The van der Waals surface area contributed by atoms with Crippen molar-refractivity contribution in [3.05, 3.63) is 56.9 Å². The number of thioether (sulfide) groups is 1. The molecule has 1 saturated heterocycles. The summed E-state index contributed by atoms with van der Waals surface area (Å²) in [6, 6.07) is 11.8. The van der Waals surface area contributed by atoms with Gasteiger partial charge in [-0.2, -0.15) is 0 Å². The van der Waals surface area contributed by atoms with Crippen LogP contribution < -0.4 is 14.2 Å². The first-order chi connectivity index (χ1) is 15.1. The molecule has 0 N–H and O–H groups in total. The monoisotopic (exact) mass is 535 g/mol. The largest absolute Gasteiger partial charge is 0.493 e. The van der Waals surface area contributed by atoms with Crippen LogP contribution in [0, 0.1) is 0 Å². The fourth-order valence-electron chi connectivity index (χ4n) is 3.01. The van der Waals surface area contributed by atoms with Crippen LogP contribution in [-0.4, -0.2) is 42.5 Å². The molecule has 0 unspecified atom stereocenters. The van der Waals surface area contributed by atoms with Gasteiger partial charge in [-0.25, -0.2) is 0 Å². The lowest BCUT2D eigenvalue weighted by molar-refractivity contribution is -0.121. The summed E-state index contributed by atoms with van der Waals surface area (Å²) in [7, 11) is 3.25. The second kappa shape index (κ2) is 10.3. The molecule has 1 heterocycles. The summed E-state index contributed by atoms with van der Waals surface area (Å²) in [5.74, 6) is 1.84. The number of hydrogen-bond donors (Lipinski definition) is 0. The zero-order chi connectivity index (χ0) is 23.5. The van der Waals surface area contributed by atoms with Gasteiger partial charge in [0.1, 0.15) is 23.3 Å². The summed E-state index contributed by atoms with van der Waals surface area (Å²) < 4.78 is 18.5. The lowest BCUT2D eigenvalue weighted by atomic mass is 9.87. The number of halogens is 1. The van der Waals surface area contributed by atoms with Crippen LogP contribution in [0.4, 0.5) is 0 Å². The van der Waals surface area contributed by atoms with E-state index in [-0.39, 0.29) is 11.3 Å². The molecule has 0 aliphatic carbocycles. The number of ether oxygens (including phenoxy) is 3. The van der Waals surface area contributed by atoms with Gasteiger partial charge in [0.05, 0.1) is 16.5 Å². The number of thiocarbonyl (C=S) groups is 1. The Balaban J connectivity index is 1.63. The van der Waals surface area contributed by atoms with E-state index in [1.165, 1.54) is 22.2 Å². The minimum absolute atomic E-state index is 0.108. The molecule has 1 fully saturated rings. The summed E-state index contributed by atoms with van der Waals surface area (Å²) in [5, 5.41) is 0. The average molecular weight is 537 g/mol. The topological polar surface area (TPSA) is 48.0 Å². The van der Waals surface area contributed by atoms with Crippen molar-refractivity contribution in [1.29, 1.82) is 0 Å². The van der Waals surface area contributed by atoms with Crippen LogP contribution in [-0.2, 0) is 10.2 Å². The Kier molecular flexibility index (Phi) is 7.90. The molecule has 0 aromatic heterocycles. The number of nitrogens with zero attached hydrogens (tertiary/aromatic N) is 1. The van der Waals surface area contributed by atoms with Gasteiger partial charge in [-0.15, -0.1) is 0 Å². The molecule has 0 atom stereocenters. The van der Waals surface area contributed by atoms with Crippen LogP contribution in [0.15, 0.2) is 45.8 Å².